The van der Waals surface area contributed by atoms with Crippen LogP contribution in [0.3, 0.4) is 0 Å². The lowest BCUT2D eigenvalue weighted by molar-refractivity contribution is 0.0601. The number of methoxy groups -OCH3 is 1. The van der Waals surface area contributed by atoms with Crippen LogP contribution in [0.25, 0.3) is 0 Å². The summed E-state index contributed by atoms with van der Waals surface area (Å²) in [4.78, 5) is 11.5. The second-order valence-electron chi connectivity index (χ2n) is 4.10. The Hall–Kier alpha value is -3.07. The minimum Gasteiger partial charge on any atom is -0.465 e. The van der Waals surface area contributed by atoms with E-state index in [0.29, 0.717) is 11.3 Å². The lowest BCUT2D eigenvalue weighted by atomic mass is 10.1. The molecule has 2 aromatic carbocycles. The first kappa shape index (κ1) is 14.3. The highest BCUT2D eigenvalue weighted by atomic mass is 19.1. The molecule has 0 spiro atoms. The fraction of sp³-hybridized carbons (Fsp3) is 0.0667. The largest absolute Gasteiger partial charge is 0.465 e. The molecule has 0 unspecified atom stereocenters. The molecule has 2 N–H and O–H groups in total. The Labute approximate surface area is 120 Å². The van der Waals surface area contributed by atoms with Crippen molar-refractivity contribution in [2.75, 3.05) is 12.8 Å². The molecule has 106 valence electrons. The Morgan fingerprint density at radius 2 is 1.95 bits per heavy atom. The molecular weight excluding hydrogens is 275 g/mol. The van der Waals surface area contributed by atoms with Crippen molar-refractivity contribution >= 4 is 11.7 Å². The minimum atomic E-state index is -0.704. The highest BCUT2D eigenvalue weighted by Gasteiger charge is 2.16. The predicted molar refractivity (Wildman–Crippen MR) is 73.4 cm³/mol. The van der Waals surface area contributed by atoms with E-state index in [4.69, 9.17) is 15.7 Å². The topological polar surface area (TPSA) is 85.3 Å². The number of nitrogens with two attached hydrogens (primary N) is 1. The molecule has 5 nitrogen and oxygen atoms in total. The molecule has 0 heterocycles. The molecule has 21 heavy (non-hydrogen) atoms. The molecule has 0 saturated heterocycles. The number of rotatable bonds is 3. The van der Waals surface area contributed by atoms with Gasteiger partial charge in [-0.25, -0.2) is 9.18 Å². The van der Waals surface area contributed by atoms with Crippen LogP contribution in [0.15, 0.2) is 36.4 Å². The van der Waals surface area contributed by atoms with E-state index in [9.17, 15) is 9.18 Å². The first-order valence-corrected chi connectivity index (χ1v) is 5.90. The normalized spacial score (nSPS) is 9.76. The molecule has 0 aromatic heterocycles. The number of esters is 1. The highest BCUT2D eigenvalue weighted by Crippen LogP contribution is 2.29. The molecule has 2 aromatic rings. The number of hydrogen-bond donors (Lipinski definition) is 1. The van der Waals surface area contributed by atoms with Crippen molar-refractivity contribution in [2.45, 2.75) is 0 Å². The standard InChI is InChI=1S/C15H11FN2O3/c1-20-15(19)11-6-14(12(16)7-13(11)18)21-10-4-2-9(8-17)3-5-10/h2-7H,18H2,1H3. The zero-order valence-electron chi connectivity index (χ0n) is 11.1. The van der Waals surface area contributed by atoms with Crippen LogP contribution in [-0.4, -0.2) is 13.1 Å². The van der Waals surface area contributed by atoms with E-state index in [1.807, 2.05) is 6.07 Å². The summed E-state index contributed by atoms with van der Waals surface area (Å²) in [6.45, 7) is 0. The summed E-state index contributed by atoms with van der Waals surface area (Å²) in [5, 5.41) is 8.70. The quantitative estimate of drug-likeness (QED) is 0.692. The van der Waals surface area contributed by atoms with Crippen LogP contribution in [0, 0.1) is 17.1 Å². The second-order valence-corrected chi connectivity index (χ2v) is 4.10. The van der Waals surface area contributed by atoms with E-state index in [0.717, 1.165) is 6.07 Å². The Balaban J connectivity index is 2.34. The van der Waals surface area contributed by atoms with Crippen LogP contribution in [0.4, 0.5) is 10.1 Å². The van der Waals surface area contributed by atoms with Gasteiger partial charge in [0, 0.05) is 17.8 Å². The molecule has 0 bridgehead atoms. The number of carbonyl (C=O) groups excluding carboxylic acids is 1. The van der Waals surface area contributed by atoms with Gasteiger partial charge in [-0.3, -0.25) is 0 Å². The maximum absolute atomic E-state index is 13.8. The molecule has 0 aliphatic carbocycles. The van der Waals surface area contributed by atoms with Crippen LogP contribution in [0.5, 0.6) is 11.5 Å². The van der Waals surface area contributed by atoms with Crippen LogP contribution in [0.1, 0.15) is 15.9 Å². The SMILES string of the molecule is COC(=O)c1cc(Oc2ccc(C#N)cc2)c(F)cc1N. The Bertz CT molecular complexity index is 721. The van der Waals surface area contributed by atoms with Gasteiger partial charge < -0.3 is 15.2 Å². The molecule has 6 heteroatoms. The maximum Gasteiger partial charge on any atom is 0.340 e. The predicted octanol–water partition coefficient (Wildman–Crippen LogP) is 2.86. The van der Waals surface area contributed by atoms with Crippen LogP contribution < -0.4 is 10.5 Å². The van der Waals surface area contributed by atoms with E-state index in [-0.39, 0.29) is 17.0 Å². The molecule has 0 aliphatic rings. The van der Waals surface area contributed by atoms with E-state index >= 15 is 0 Å². The second kappa shape index (κ2) is 5.92. The molecule has 2 rings (SSSR count). The maximum atomic E-state index is 13.8. The summed E-state index contributed by atoms with van der Waals surface area (Å²) in [7, 11) is 1.20. The number of nitrogen functional groups attached to an aromatic ring is 1. The molecular formula is C15H11FN2O3. The van der Waals surface area contributed by atoms with E-state index < -0.39 is 11.8 Å². The first-order valence-electron chi connectivity index (χ1n) is 5.90. The van der Waals surface area contributed by atoms with Crippen molar-refractivity contribution in [1.82, 2.24) is 0 Å². The Morgan fingerprint density at radius 1 is 1.29 bits per heavy atom. The van der Waals surface area contributed by atoms with E-state index in [1.54, 1.807) is 0 Å². The summed E-state index contributed by atoms with van der Waals surface area (Å²) in [5.41, 5.74) is 6.00. The van der Waals surface area contributed by atoms with E-state index in [1.165, 1.54) is 37.4 Å². The van der Waals surface area contributed by atoms with Crippen molar-refractivity contribution in [2.24, 2.45) is 0 Å². The number of nitrogens with zero attached hydrogens (tertiary/aromatic N) is 1. The van der Waals surface area contributed by atoms with Crippen molar-refractivity contribution in [3.63, 3.8) is 0 Å². The van der Waals surface area contributed by atoms with Crippen LogP contribution in [0.2, 0.25) is 0 Å². The van der Waals surface area contributed by atoms with Gasteiger partial charge in [0.1, 0.15) is 5.75 Å². The number of anilines is 1. The zero-order valence-corrected chi connectivity index (χ0v) is 11.1. The van der Waals surface area contributed by atoms with Gasteiger partial charge in [0.15, 0.2) is 11.6 Å². The van der Waals surface area contributed by atoms with Gasteiger partial charge in [0.2, 0.25) is 0 Å². The highest BCUT2D eigenvalue weighted by molar-refractivity contribution is 5.95. The lowest BCUT2D eigenvalue weighted by Gasteiger charge is -2.10. The smallest absolute Gasteiger partial charge is 0.340 e. The fourth-order valence-electron chi connectivity index (χ4n) is 1.66. The third-order valence-corrected chi connectivity index (χ3v) is 2.72. The Morgan fingerprint density at radius 3 is 2.52 bits per heavy atom. The number of halogens is 1. The third kappa shape index (κ3) is 3.09. The number of benzene rings is 2. The first-order chi connectivity index (χ1) is 10.0. The summed E-state index contributed by atoms with van der Waals surface area (Å²) >= 11 is 0. The Kier molecular flexibility index (Phi) is 4.05. The van der Waals surface area contributed by atoms with Gasteiger partial charge in [-0.05, 0) is 24.3 Å². The van der Waals surface area contributed by atoms with Crippen molar-refractivity contribution < 1.29 is 18.7 Å². The number of ether oxygens (including phenoxy) is 2. The summed E-state index contributed by atoms with van der Waals surface area (Å²) < 4.78 is 23.7. The van der Waals surface area contributed by atoms with Crippen molar-refractivity contribution in [1.29, 1.82) is 5.26 Å². The fourth-order valence-corrected chi connectivity index (χ4v) is 1.66. The molecule has 0 fully saturated rings. The van der Waals surface area contributed by atoms with Gasteiger partial charge in [-0.2, -0.15) is 5.26 Å². The van der Waals surface area contributed by atoms with E-state index in [2.05, 4.69) is 4.74 Å². The molecule has 0 atom stereocenters. The number of hydrogen-bond acceptors (Lipinski definition) is 5. The molecule has 0 amide bonds. The zero-order chi connectivity index (χ0) is 15.4. The molecule has 0 aliphatic heterocycles. The van der Waals surface area contributed by atoms with Gasteiger partial charge >= 0.3 is 5.97 Å². The minimum absolute atomic E-state index is 0.0162. The van der Waals surface area contributed by atoms with Gasteiger partial charge in [0.05, 0.1) is 24.3 Å². The van der Waals surface area contributed by atoms with Crippen LogP contribution >= 0.6 is 0 Å². The lowest BCUT2D eigenvalue weighted by Crippen LogP contribution is -2.06. The molecule has 0 radical (unpaired) electrons. The summed E-state index contributed by atoms with van der Waals surface area (Å²) in [6, 6.07) is 10.2. The van der Waals surface area contributed by atoms with Gasteiger partial charge in [0.25, 0.3) is 0 Å². The number of carbonyl (C=O) groups is 1. The summed E-state index contributed by atoms with van der Waals surface area (Å²) in [5.74, 6) is -1.22. The summed E-state index contributed by atoms with van der Waals surface area (Å²) in [6.07, 6.45) is 0. The van der Waals surface area contributed by atoms with Crippen molar-refractivity contribution in [3.05, 3.63) is 53.3 Å². The van der Waals surface area contributed by atoms with Gasteiger partial charge in [-0.15, -0.1) is 0 Å². The van der Waals surface area contributed by atoms with Crippen LogP contribution in [-0.2, 0) is 4.74 Å². The number of nitriles is 1. The van der Waals surface area contributed by atoms with Gasteiger partial charge in [-0.1, -0.05) is 0 Å². The average molecular weight is 286 g/mol. The average Bonchev–Trinajstić information content (AvgIpc) is 2.50. The third-order valence-electron chi connectivity index (χ3n) is 2.72. The van der Waals surface area contributed by atoms with Crippen molar-refractivity contribution in [3.8, 4) is 17.6 Å². The molecule has 0 saturated carbocycles. The monoisotopic (exact) mass is 286 g/mol.